The second-order valence-electron chi connectivity index (χ2n) is 4.19. The van der Waals surface area contributed by atoms with Crippen molar-refractivity contribution in [2.45, 2.75) is 32.7 Å². The van der Waals surface area contributed by atoms with E-state index in [2.05, 4.69) is 27.8 Å². The van der Waals surface area contributed by atoms with Gasteiger partial charge in [-0.1, -0.05) is 18.3 Å². The molecule has 2 N–H and O–H groups in total. The van der Waals surface area contributed by atoms with Gasteiger partial charge >= 0.3 is 0 Å². The molecule has 1 heterocycles. The van der Waals surface area contributed by atoms with E-state index in [0.717, 1.165) is 25.3 Å². The van der Waals surface area contributed by atoms with Gasteiger partial charge in [0, 0.05) is 12.6 Å². The van der Waals surface area contributed by atoms with E-state index in [1.807, 2.05) is 6.92 Å². The Kier molecular flexibility index (Phi) is 3.38. The van der Waals surface area contributed by atoms with E-state index in [1.54, 1.807) is 0 Å². The lowest BCUT2D eigenvalue weighted by atomic mass is 9.82. The Morgan fingerprint density at radius 2 is 2.25 bits per heavy atom. The van der Waals surface area contributed by atoms with Gasteiger partial charge in [-0.05, 0) is 25.7 Å². The molecule has 0 atom stereocenters. The summed E-state index contributed by atoms with van der Waals surface area (Å²) in [7, 11) is 0. The molecule has 0 saturated heterocycles. The zero-order chi connectivity index (χ0) is 11.5. The molecule has 0 aromatic carbocycles. The van der Waals surface area contributed by atoms with Gasteiger partial charge in [0.2, 0.25) is 10.1 Å². The maximum Gasteiger partial charge on any atom is 0.282 e. The highest BCUT2D eigenvalue weighted by Gasteiger charge is 2.27. The molecule has 0 bridgehead atoms. The van der Waals surface area contributed by atoms with Gasteiger partial charge in [-0.15, -0.1) is 10.2 Å². The Labute approximate surface area is 98.7 Å². The van der Waals surface area contributed by atoms with Crippen molar-refractivity contribution in [1.29, 1.82) is 0 Å². The van der Waals surface area contributed by atoms with Crippen LogP contribution in [0.1, 0.15) is 36.5 Å². The van der Waals surface area contributed by atoms with Crippen molar-refractivity contribution in [3.05, 3.63) is 5.01 Å². The van der Waals surface area contributed by atoms with Gasteiger partial charge < -0.3 is 10.6 Å². The molecule has 0 aliphatic heterocycles. The van der Waals surface area contributed by atoms with E-state index in [-0.39, 0.29) is 5.91 Å². The first-order valence-electron chi connectivity index (χ1n) is 5.57. The lowest BCUT2D eigenvalue weighted by Crippen LogP contribution is -2.43. The summed E-state index contributed by atoms with van der Waals surface area (Å²) < 4.78 is 0. The second-order valence-corrected chi connectivity index (χ2v) is 5.17. The molecule has 1 aromatic heterocycles. The molecule has 88 valence electrons. The minimum Gasteiger partial charge on any atom is -0.360 e. The number of hydrogen-bond acceptors (Lipinski definition) is 5. The fourth-order valence-electron chi connectivity index (χ4n) is 1.81. The Balaban J connectivity index is 1.88. The van der Waals surface area contributed by atoms with E-state index in [0.29, 0.717) is 16.2 Å². The number of aromatic nitrogens is 2. The quantitative estimate of drug-likeness (QED) is 0.837. The van der Waals surface area contributed by atoms with Gasteiger partial charge in [-0.25, -0.2) is 0 Å². The van der Waals surface area contributed by atoms with Crippen LogP contribution >= 0.6 is 11.3 Å². The van der Waals surface area contributed by atoms with Crippen LogP contribution in [0.25, 0.3) is 0 Å². The average molecular weight is 240 g/mol. The number of hydrogen-bond donors (Lipinski definition) is 2. The second kappa shape index (κ2) is 4.78. The number of nitrogens with zero attached hydrogens (tertiary/aromatic N) is 2. The summed E-state index contributed by atoms with van der Waals surface area (Å²) in [6, 6.07) is 0.328. The van der Waals surface area contributed by atoms with Crippen LogP contribution in [-0.2, 0) is 0 Å². The number of carbonyl (C=O) groups is 1. The Morgan fingerprint density at radius 3 is 2.88 bits per heavy atom. The van der Waals surface area contributed by atoms with Crippen molar-refractivity contribution in [1.82, 2.24) is 15.5 Å². The predicted molar refractivity (Wildman–Crippen MR) is 63.7 cm³/mol. The van der Waals surface area contributed by atoms with Gasteiger partial charge in [0.15, 0.2) is 0 Å². The lowest BCUT2D eigenvalue weighted by molar-refractivity contribution is 0.0895. The molecule has 1 aliphatic carbocycles. The predicted octanol–water partition coefficient (Wildman–Crippen LogP) is 1.50. The number of carbonyl (C=O) groups excluding carboxylic acids is 1. The molecule has 5 nitrogen and oxygen atoms in total. The fourth-order valence-corrected chi connectivity index (χ4v) is 2.52. The molecule has 2 rings (SSSR count). The summed E-state index contributed by atoms with van der Waals surface area (Å²) in [4.78, 5) is 11.7. The van der Waals surface area contributed by atoms with Crippen LogP contribution in [0.15, 0.2) is 0 Å². The number of amides is 1. The Bertz CT molecular complexity index is 373. The molecule has 1 saturated carbocycles. The summed E-state index contributed by atoms with van der Waals surface area (Å²) in [5.74, 6) is 0.635. The molecule has 1 amide bonds. The molecule has 1 aliphatic rings. The molecule has 0 spiro atoms. The highest BCUT2D eigenvalue weighted by Crippen LogP contribution is 2.26. The van der Waals surface area contributed by atoms with Gasteiger partial charge in [0.05, 0.1) is 0 Å². The molecular weight excluding hydrogens is 224 g/mol. The zero-order valence-corrected chi connectivity index (χ0v) is 10.3. The highest BCUT2D eigenvalue weighted by molar-refractivity contribution is 7.17. The van der Waals surface area contributed by atoms with Crippen molar-refractivity contribution in [3.63, 3.8) is 0 Å². The van der Waals surface area contributed by atoms with Gasteiger partial charge in [0.1, 0.15) is 0 Å². The molecule has 1 aromatic rings. The number of nitrogens with one attached hydrogen (secondary N) is 2. The molecule has 1 fully saturated rings. The van der Waals surface area contributed by atoms with E-state index in [4.69, 9.17) is 0 Å². The van der Waals surface area contributed by atoms with Crippen LogP contribution in [0, 0.1) is 5.92 Å². The largest absolute Gasteiger partial charge is 0.360 e. The maximum atomic E-state index is 11.7. The topological polar surface area (TPSA) is 66.9 Å². The minimum absolute atomic E-state index is 0.0986. The van der Waals surface area contributed by atoms with Crippen LogP contribution in [0.2, 0.25) is 0 Å². The first-order valence-corrected chi connectivity index (χ1v) is 6.39. The standard InChI is InChI=1S/C10H16N4OS/c1-3-11-10-14-13-9(16-10)8(15)12-7-4-6(2)5-7/h6-7H,3-5H2,1-2H3,(H,11,14)(H,12,15). The molecule has 0 unspecified atom stereocenters. The maximum absolute atomic E-state index is 11.7. The summed E-state index contributed by atoms with van der Waals surface area (Å²) in [6.07, 6.45) is 2.15. The molecule has 0 radical (unpaired) electrons. The monoisotopic (exact) mass is 240 g/mol. The third-order valence-corrected chi connectivity index (χ3v) is 3.54. The van der Waals surface area contributed by atoms with E-state index >= 15 is 0 Å². The SMILES string of the molecule is CCNc1nnc(C(=O)NC2CC(C)C2)s1. The average Bonchev–Trinajstić information content (AvgIpc) is 2.64. The van der Waals surface area contributed by atoms with Crippen molar-refractivity contribution < 1.29 is 4.79 Å². The number of rotatable bonds is 4. The van der Waals surface area contributed by atoms with E-state index < -0.39 is 0 Å². The smallest absolute Gasteiger partial charge is 0.282 e. The van der Waals surface area contributed by atoms with Crippen LogP contribution in [0.5, 0.6) is 0 Å². The molecular formula is C10H16N4OS. The van der Waals surface area contributed by atoms with E-state index in [1.165, 1.54) is 11.3 Å². The fraction of sp³-hybridized carbons (Fsp3) is 0.700. The Hall–Kier alpha value is -1.17. The zero-order valence-electron chi connectivity index (χ0n) is 9.49. The van der Waals surface area contributed by atoms with Gasteiger partial charge in [-0.2, -0.15) is 0 Å². The third kappa shape index (κ3) is 2.49. The summed E-state index contributed by atoms with van der Waals surface area (Å²) in [6.45, 7) is 4.96. The summed E-state index contributed by atoms with van der Waals surface area (Å²) in [5, 5.41) is 14.9. The van der Waals surface area contributed by atoms with Crippen molar-refractivity contribution in [3.8, 4) is 0 Å². The minimum atomic E-state index is -0.0986. The van der Waals surface area contributed by atoms with Gasteiger partial charge in [-0.3, -0.25) is 4.79 Å². The van der Waals surface area contributed by atoms with E-state index in [9.17, 15) is 4.79 Å². The first-order chi connectivity index (χ1) is 7.69. The summed E-state index contributed by atoms with van der Waals surface area (Å²) in [5.41, 5.74) is 0. The van der Waals surface area contributed by atoms with Crippen molar-refractivity contribution in [2.24, 2.45) is 5.92 Å². The lowest BCUT2D eigenvalue weighted by Gasteiger charge is -2.32. The first kappa shape index (κ1) is 11.3. The summed E-state index contributed by atoms with van der Waals surface area (Å²) >= 11 is 1.30. The van der Waals surface area contributed by atoms with Gasteiger partial charge in [0.25, 0.3) is 5.91 Å². The van der Waals surface area contributed by atoms with Crippen molar-refractivity contribution >= 4 is 22.4 Å². The third-order valence-electron chi connectivity index (χ3n) is 2.66. The molecule has 16 heavy (non-hydrogen) atoms. The van der Waals surface area contributed by atoms with Crippen LogP contribution < -0.4 is 10.6 Å². The number of anilines is 1. The highest BCUT2D eigenvalue weighted by atomic mass is 32.1. The Morgan fingerprint density at radius 1 is 1.50 bits per heavy atom. The van der Waals surface area contributed by atoms with Crippen LogP contribution in [-0.4, -0.2) is 28.7 Å². The van der Waals surface area contributed by atoms with Crippen LogP contribution in [0.4, 0.5) is 5.13 Å². The normalized spacial score (nSPS) is 23.6. The molecule has 6 heteroatoms. The van der Waals surface area contributed by atoms with Crippen molar-refractivity contribution in [2.75, 3.05) is 11.9 Å². The van der Waals surface area contributed by atoms with Crippen LogP contribution in [0.3, 0.4) is 0 Å².